The van der Waals surface area contributed by atoms with Crippen molar-refractivity contribution >= 4 is 11.7 Å². The lowest BCUT2D eigenvalue weighted by atomic mass is 10.1. The number of anilines is 1. The predicted molar refractivity (Wildman–Crippen MR) is 52.1 cm³/mol. The predicted octanol–water partition coefficient (Wildman–Crippen LogP) is 0.480. The van der Waals surface area contributed by atoms with Crippen molar-refractivity contribution in [1.29, 1.82) is 0 Å². The van der Waals surface area contributed by atoms with Crippen LogP contribution >= 0.6 is 0 Å². The third kappa shape index (κ3) is 3.02. The lowest BCUT2D eigenvalue weighted by Crippen LogP contribution is -2.31. The fourth-order valence-corrected chi connectivity index (χ4v) is 1.08. The second-order valence-corrected chi connectivity index (χ2v) is 2.74. The standard InChI is InChI=1S/C9H13N3O/c10-8-4-2-1-3-7(8)5-6-12-9(11)13/h1-4H,5-6,10H2,(H3,11,12,13). The van der Waals surface area contributed by atoms with Crippen LogP contribution in [-0.2, 0) is 6.42 Å². The first-order chi connectivity index (χ1) is 6.20. The Bertz CT molecular complexity index is 299. The Morgan fingerprint density at radius 3 is 2.69 bits per heavy atom. The zero-order valence-corrected chi connectivity index (χ0v) is 7.29. The molecule has 0 saturated heterocycles. The molecule has 0 saturated carbocycles. The highest BCUT2D eigenvalue weighted by Crippen LogP contribution is 2.09. The Morgan fingerprint density at radius 2 is 2.08 bits per heavy atom. The van der Waals surface area contributed by atoms with Gasteiger partial charge in [-0.1, -0.05) is 18.2 Å². The van der Waals surface area contributed by atoms with Gasteiger partial charge in [-0.15, -0.1) is 0 Å². The highest BCUT2D eigenvalue weighted by atomic mass is 16.2. The minimum Gasteiger partial charge on any atom is -0.399 e. The van der Waals surface area contributed by atoms with Crippen molar-refractivity contribution in [1.82, 2.24) is 5.32 Å². The number of nitrogen functional groups attached to an aromatic ring is 1. The van der Waals surface area contributed by atoms with Gasteiger partial charge in [0, 0.05) is 12.2 Å². The summed E-state index contributed by atoms with van der Waals surface area (Å²) >= 11 is 0. The number of para-hydroxylation sites is 1. The van der Waals surface area contributed by atoms with Crippen molar-refractivity contribution in [3.05, 3.63) is 29.8 Å². The molecule has 0 atom stereocenters. The van der Waals surface area contributed by atoms with Gasteiger partial charge in [0.05, 0.1) is 0 Å². The highest BCUT2D eigenvalue weighted by Gasteiger charge is 1.97. The zero-order valence-electron chi connectivity index (χ0n) is 7.29. The summed E-state index contributed by atoms with van der Waals surface area (Å²) in [4.78, 5) is 10.4. The first kappa shape index (κ1) is 9.38. The number of urea groups is 1. The van der Waals surface area contributed by atoms with E-state index in [0.717, 1.165) is 11.3 Å². The van der Waals surface area contributed by atoms with E-state index in [4.69, 9.17) is 11.5 Å². The van der Waals surface area contributed by atoms with E-state index in [9.17, 15) is 4.79 Å². The van der Waals surface area contributed by atoms with Crippen molar-refractivity contribution in [2.75, 3.05) is 12.3 Å². The number of rotatable bonds is 3. The number of nitrogens with one attached hydrogen (secondary N) is 1. The summed E-state index contributed by atoms with van der Waals surface area (Å²) in [6, 6.07) is 7.04. The molecule has 0 aliphatic carbocycles. The van der Waals surface area contributed by atoms with Crippen molar-refractivity contribution in [2.24, 2.45) is 5.73 Å². The lowest BCUT2D eigenvalue weighted by molar-refractivity contribution is 0.249. The van der Waals surface area contributed by atoms with Gasteiger partial charge in [-0.3, -0.25) is 0 Å². The fourth-order valence-electron chi connectivity index (χ4n) is 1.08. The molecule has 1 aromatic rings. The third-order valence-electron chi connectivity index (χ3n) is 1.75. The second kappa shape index (κ2) is 4.35. The van der Waals surface area contributed by atoms with E-state index >= 15 is 0 Å². The number of nitrogens with two attached hydrogens (primary N) is 2. The van der Waals surface area contributed by atoms with Gasteiger partial charge in [0.1, 0.15) is 0 Å². The maximum Gasteiger partial charge on any atom is 0.312 e. The molecule has 70 valence electrons. The average Bonchev–Trinajstić information content (AvgIpc) is 2.08. The molecule has 0 heterocycles. The molecule has 4 heteroatoms. The molecule has 0 aliphatic rings. The van der Waals surface area contributed by atoms with Gasteiger partial charge in [-0.05, 0) is 18.1 Å². The fraction of sp³-hybridized carbons (Fsp3) is 0.222. The molecule has 0 radical (unpaired) electrons. The molecule has 0 aromatic heterocycles. The molecule has 4 nitrogen and oxygen atoms in total. The molecule has 0 unspecified atom stereocenters. The quantitative estimate of drug-likeness (QED) is 0.590. The van der Waals surface area contributed by atoms with Crippen molar-refractivity contribution in [2.45, 2.75) is 6.42 Å². The summed E-state index contributed by atoms with van der Waals surface area (Å²) in [5.41, 5.74) is 12.4. The van der Waals surface area contributed by atoms with Crippen LogP contribution in [0.2, 0.25) is 0 Å². The zero-order chi connectivity index (χ0) is 9.68. The number of benzene rings is 1. The minimum atomic E-state index is -0.505. The average molecular weight is 179 g/mol. The Hall–Kier alpha value is -1.71. The first-order valence-corrected chi connectivity index (χ1v) is 4.07. The van der Waals surface area contributed by atoms with Crippen molar-refractivity contribution < 1.29 is 4.79 Å². The number of primary amides is 1. The Kier molecular flexibility index (Phi) is 3.14. The van der Waals surface area contributed by atoms with Crippen LogP contribution in [0.15, 0.2) is 24.3 Å². The van der Waals surface area contributed by atoms with Crippen LogP contribution in [0.25, 0.3) is 0 Å². The summed E-state index contributed by atoms with van der Waals surface area (Å²) in [5, 5.41) is 2.50. The molecule has 1 rings (SSSR count). The van der Waals surface area contributed by atoms with E-state index < -0.39 is 6.03 Å². The van der Waals surface area contributed by atoms with E-state index in [0.29, 0.717) is 13.0 Å². The summed E-state index contributed by atoms with van der Waals surface area (Å²) in [6.45, 7) is 0.517. The van der Waals surface area contributed by atoms with E-state index in [1.165, 1.54) is 0 Å². The van der Waals surface area contributed by atoms with Crippen LogP contribution in [0.1, 0.15) is 5.56 Å². The highest BCUT2D eigenvalue weighted by molar-refractivity contribution is 5.71. The maximum atomic E-state index is 10.4. The Morgan fingerprint density at radius 1 is 1.38 bits per heavy atom. The number of amides is 2. The molecule has 2 amide bonds. The summed E-state index contributed by atoms with van der Waals surface area (Å²) in [5.74, 6) is 0. The Labute approximate surface area is 76.9 Å². The Balaban J connectivity index is 2.45. The van der Waals surface area contributed by atoms with Gasteiger partial charge in [0.15, 0.2) is 0 Å². The van der Waals surface area contributed by atoms with Crippen LogP contribution < -0.4 is 16.8 Å². The molecule has 0 spiro atoms. The van der Waals surface area contributed by atoms with Gasteiger partial charge >= 0.3 is 6.03 Å². The third-order valence-corrected chi connectivity index (χ3v) is 1.75. The molecule has 1 aromatic carbocycles. The van der Waals surface area contributed by atoms with Gasteiger partial charge in [0.2, 0.25) is 0 Å². The van der Waals surface area contributed by atoms with Crippen molar-refractivity contribution in [3.63, 3.8) is 0 Å². The van der Waals surface area contributed by atoms with Gasteiger partial charge in [0.25, 0.3) is 0 Å². The van der Waals surface area contributed by atoms with Crippen LogP contribution in [0.5, 0.6) is 0 Å². The van der Waals surface area contributed by atoms with E-state index in [1.54, 1.807) is 0 Å². The number of hydrogen-bond acceptors (Lipinski definition) is 2. The van der Waals surface area contributed by atoms with E-state index in [-0.39, 0.29) is 0 Å². The number of hydrogen-bond donors (Lipinski definition) is 3. The second-order valence-electron chi connectivity index (χ2n) is 2.74. The van der Waals surface area contributed by atoms with Crippen LogP contribution in [0, 0.1) is 0 Å². The monoisotopic (exact) mass is 179 g/mol. The normalized spacial score (nSPS) is 9.54. The molecule has 0 bridgehead atoms. The van der Waals surface area contributed by atoms with Crippen molar-refractivity contribution in [3.8, 4) is 0 Å². The minimum absolute atomic E-state index is 0.505. The summed E-state index contributed by atoms with van der Waals surface area (Å²) in [6.07, 6.45) is 0.704. The van der Waals surface area contributed by atoms with E-state index in [1.807, 2.05) is 24.3 Å². The molecular weight excluding hydrogens is 166 g/mol. The molecule has 13 heavy (non-hydrogen) atoms. The van der Waals surface area contributed by atoms with Gasteiger partial charge in [-0.2, -0.15) is 0 Å². The van der Waals surface area contributed by atoms with E-state index in [2.05, 4.69) is 5.32 Å². The first-order valence-electron chi connectivity index (χ1n) is 4.07. The van der Waals surface area contributed by atoms with Crippen LogP contribution in [0.3, 0.4) is 0 Å². The van der Waals surface area contributed by atoms with Crippen LogP contribution in [-0.4, -0.2) is 12.6 Å². The molecule has 0 fully saturated rings. The number of carbonyl (C=O) groups is 1. The molecule has 5 N–H and O–H groups in total. The smallest absolute Gasteiger partial charge is 0.312 e. The number of carbonyl (C=O) groups excluding carboxylic acids is 1. The van der Waals surface area contributed by atoms with Crippen LogP contribution in [0.4, 0.5) is 10.5 Å². The lowest BCUT2D eigenvalue weighted by Gasteiger charge is -2.04. The largest absolute Gasteiger partial charge is 0.399 e. The summed E-state index contributed by atoms with van der Waals surface area (Å²) in [7, 11) is 0. The van der Waals surface area contributed by atoms with Gasteiger partial charge < -0.3 is 16.8 Å². The van der Waals surface area contributed by atoms with Gasteiger partial charge in [-0.25, -0.2) is 4.79 Å². The summed E-state index contributed by atoms with van der Waals surface area (Å²) < 4.78 is 0. The molecule has 0 aliphatic heterocycles. The SMILES string of the molecule is NC(=O)NCCc1ccccc1N. The molecular formula is C9H13N3O. The maximum absolute atomic E-state index is 10.4. The topological polar surface area (TPSA) is 81.1 Å².